The molecule has 3 nitrogen and oxygen atoms in total. The van der Waals surface area contributed by atoms with Crippen molar-refractivity contribution >= 4 is 6.03 Å². The van der Waals surface area contributed by atoms with Gasteiger partial charge in [-0.25, -0.2) is 4.79 Å². The summed E-state index contributed by atoms with van der Waals surface area (Å²) in [6.45, 7) is 8.24. The molecule has 0 aliphatic carbocycles. The van der Waals surface area contributed by atoms with Crippen molar-refractivity contribution < 1.29 is 4.79 Å². The minimum absolute atomic E-state index is 0.0275. The zero-order valence-electron chi connectivity index (χ0n) is 12.5. The van der Waals surface area contributed by atoms with Gasteiger partial charge in [0, 0.05) is 6.04 Å². The highest BCUT2D eigenvalue weighted by Gasteiger charge is 2.10. The fourth-order valence-electron chi connectivity index (χ4n) is 1.91. The van der Waals surface area contributed by atoms with Crippen molar-refractivity contribution in [3.63, 3.8) is 0 Å². The number of nitrogens with one attached hydrogen (secondary N) is 2. The standard InChI is InChI=1S/C16H26N2O/c1-5-7-14-8-10-15(11-9-14)13(4)18-16(19)17-12(3)6-2/h8-13H,5-7H2,1-4H3,(H2,17,18,19)/t12-,13-/m0/s1. The number of aryl methyl sites for hydroxylation is 1. The molecule has 2 atom stereocenters. The summed E-state index contributed by atoms with van der Waals surface area (Å²) in [4.78, 5) is 11.7. The van der Waals surface area contributed by atoms with Gasteiger partial charge in [-0.05, 0) is 37.8 Å². The number of benzene rings is 1. The number of hydrogen-bond acceptors (Lipinski definition) is 1. The molecule has 0 aliphatic heterocycles. The van der Waals surface area contributed by atoms with Crippen LogP contribution in [0.2, 0.25) is 0 Å². The first-order valence-corrected chi connectivity index (χ1v) is 7.22. The first-order valence-electron chi connectivity index (χ1n) is 7.22. The van der Waals surface area contributed by atoms with E-state index in [0.717, 1.165) is 24.8 Å². The van der Waals surface area contributed by atoms with Crippen molar-refractivity contribution in [3.8, 4) is 0 Å². The second-order valence-corrected chi connectivity index (χ2v) is 5.14. The van der Waals surface area contributed by atoms with Crippen LogP contribution < -0.4 is 10.6 Å². The van der Waals surface area contributed by atoms with Crippen molar-refractivity contribution in [1.29, 1.82) is 0 Å². The Labute approximate surface area is 116 Å². The van der Waals surface area contributed by atoms with E-state index in [-0.39, 0.29) is 18.1 Å². The maximum absolute atomic E-state index is 11.7. The lowest BCUT2D eigenvalue weighted by atomic mass is 10.0. The van der Waals surface area contributed by atoms with Gasteiger partial charge in [-0.2, -0.15) is 0 Å². The van der Waals surface area contributed by atoms with E-state index >= 15 is 0 Å². The molecule has 0 aromatic heterocycles. The van der Waals surface area contributed by atoms with Crippen LogP contribution in [0, 0.1) is 0 Å². The van der Waals surface area contributed by atoms with E-state index in [0.29, 0.717) is 0 Å². The van der Waals surface area contributed by atoms with E-state index in [1.54, 1.807) is 0 Å². The molecule has 3 heteroatoms. The highest BCUT2D eigenvalue weighted by molar-refractivity contribution is 5.74. The molecule has 0 spiro atoms. The lowest BCUT2D eigenvalue weighted by Crippen LogP contribution is -2.41. The normalized spacial score (nSPS) is 13.7. The number of carbonyl (C=O) groups is 1. The molecule has 1 aromatic carbocycles. The molecule has 19 heavy (non-hydrogen) atoms. The number of amides is 2. The molecule has 0 aliphatic rings. The predicted molar refractivity (Wildman–Crippen MR) is 80.3 cm³/mol. The molecule has 0 radical (unpaired) electrons. The minimum Gasteiger partial charge on any atom is -0.336 e. The number of carbonyl (C=O) groups excluding carboxylic acids is 1. The predicted octanol–water partition coefficient (Wildman–Crippen LogP) is 3.80. The third kappa shape index (κ3) is 5.33. The zero-order valence-corrected chi connectivity index (χ0v) is 12.5. The van der Waals surface area contributed by atoms with Gasteiger partial charge >= 0.3 is 6.03 Å². The van der Waals surface area contributed by atoms with Gasteiger partial charge in [0.2, 0.25) is 0 Å². The highest BCUT2D eigenvalue weighted by Crippen LogP contribution is 2.14. The van der Waals surface area contributed by atoms with Crippen molar-refractivity contribution in [3.05, 3.63) is 35.4 Å². The van der Waals surface area contributed by atoms with E-state index in [1.165, 1.54) is 5.56 Å². The lowest BCUT2D eigenvalue weighted by molar-refractivity contribution is 0.234. The Bertz CT molecular complexity index is 386. The monoisotopic (exact) mass is 262 g/mol. The highest BCUT2D eigenvalue weighted by atomic mass is 16.2. The summed E-state index contributed by atoms with van der Waals surface area (Å²) >= 11 is 0. The molecule has 0 heterocycles. The minimum atomic E-state index is -0.0977. The van der Waals surface area contributed by atoms with Crippen LogP contribution in [0.15, 0.2) is 24.3 Å². The van der Waals surface area contributed by atoms with Gasteiger partial charge in [0.25, 0.3) is 0 Å². The first kappa shape index (κ1) is 15.5. The Morgan fingerprint density at radius 3 is 2.26 bits per heavy atom. The quantitative estimate of drug-likeness (QED) is 0.804. The van der Waals surface area contributed by atoms with Crippen LogP contribution >= 0.6 is 0 Å². The van der Waals surface area contributed by atoms with Crippen molar-refractivity contribution in [1.82, 2.24) is 10.6 Å². The molecular formula is C16H26N2O. The molecule has 1 rings (SSSR count). The SMILES string of the molecule is CCCc1ccc([C@H](C)NC(=O)N[C@@H](C)CC)cc1. The van der Waals surface area contributed by atoms with Crippen LogP contribution in [0.4, 0.5) is 4.79 Å². The summed E-state index contributed by atoms with van der Waals surface area (Å²) in [5, 5.41) is 5.87. The van der Waals surface area contributed by atoms with Crippen LogP contribution in [0.3, 0.4) is 0 Å². The Kier molecular flexibility index (Phi) is 6.40. The third-order valence-corrected chi connectivity index (χ3v) is 3.36. The molecule has 0 saturated heterocycles. The maximum atomic E-state index is 11.7. The smallest absolute Gasteiger partial charge is 0.315 e. The third-order valence-electron chi connectivity index (χ3n) is 3.36. The van der Waals surface area contributed by atoms with E-state index in [4.69, 9.17) is 0 Å². The van der Waals surface area contributed by atoms with Crippen molar-refractivity contribution in [2.75, 3.05) is 0 Å². The Morgan fingerprint density at radius 1 is 1.11 bits per heavy atom. The molecule has 2 amide bonds. The fraction of sp³-hybridized carbons (Fsp3) is 0.562. The average Bonchev–Trinajstić information content (AvgIpc) is 2.39. The summed E-state index contributed by atoms with van der Waals surface area (Å²) in [7, 11) is 0. The molecular weight excluding hydrogens is 236 g/mol. The Balaban J connectivity index is 2.52. The summed E-state index contributed by atoms with van der Waals surface area (Å²) < 4.78 is 0. The zero-order chi connectivity index (χ0) is 14.3. The van der Waals surface area contributed by atoms with Crippen LogP contribution in [-0.2, 0) is 6.42 Å². The second kappa shape index (κ2) is 7.82. The van der Waals surface area contributed by atoms with Crippen LogP contribution in [-0.4, -0.2) is 12.1 Å². The van der Waals surface area contributed by atoms with Gasteiger partial charge in [0.1, 0.15) is 0 Å². The molecule has 2 N–H and O–H groups in total. The van der Waals surface area contributed by atoms with Gasteiger partial charge in [0.15, 0.2) is 0 Å². The maximum Gasteiger partial charge on any atom is 0.315 e. The van der Waals surface area contributed by atoms with Crippen molar-refractivity contribution in [2.45, 2.75) is 59.0 Å². The number of urea groups is 1. The molecule has 0 bridgehead atoms. The summed E-state index contributed by atoms with van der Waals surface area (Å²) in [5.74, 6) is 0. The van der Waals surface area contributed by atoms with Crippen LogP contribution in [0.25, 0.3) is 0 Å². The largest absolute Gasteiger partial charge is 0.336 e. The van der Waals surface area contributed by atoms with Gasteiger partial charge in [-0.1, -0.05) is 44.5 Å². The number of rotatable bonds is 6. The Hall–Kier alpha value is -1.51. The van der Waals surface area contributed by atoms with Gasteiger partial charge in [0.05, 0.1) is 6.04 Å². The summed E-state index contributed by atoms with van der Waals surface area (Å²) in [6.07, 6.45) is 3.20. The number of hydrogen-bond donors (Lipinski definition) is 2. The van der Waals surface area contributed by atoms with E-state index in [1.807, 2.05) is 13.8 Å². The van der Waals surface area contributed by atoms with Crippen LogP contribution in [0.5, 0.6) is 0 Å². The topological polar surface area (TPSA) is 41.1 Å². The fourth-order valence-corrected chi connectivity index (χ4v) is 1.91. The summed E-state index contributed by atoms with van der Waals surface area (Å²) in [6, 6.07) is 8.62. The van der Waals surface area contributed by atoms with E-state index in [2.05, 4.69) is 48.7 Å². The summed E-state index contributed by atoms with van der Waals surface area (Å²) in [5.41, 5.74) is 2.49. The van der Waals surface area contributed by atoms with Gasteiger partial charge < -0.3 is 10.6 Å². The van der Waals surface area contributed by atoms with Gasteiger partial charge in [-0.15, -0.1) is 0 Å². The average molecular weight is 262 g/mol. The molecule has 0 unspecified atom stereocenters. The molecule has 0 fully saturated rings. The lowest BCUT2D eigenvalue weighted by Gasteiger charge is -2.18. The first-order chi connectivity index (χ1) is 9.06. The van der Waals surface area contributed by atoms with Gasteiger partial charge in [-0.3, -0.25) is 0 Å². The Morgan fingerprint density at radius 2 is 1.74 bits per heavy atom. The molecule has 0 saturated carbocycles. The molecule has 1 aromatic rings. The van der Waals surface area contributed by atoms with Crippen molar-refractivity contribution in [2.24, 2.45) is 0 Å². The molecule has 106 valence electrons. The van der Waals surface area contributed by atoms with E-state index < -0.39 is 0 Å². The second-order valence-electron chi connectivity index (χ2n) is 5.14. The van der Waals surface area contributed by atoms with E-state index in [9.17, 15) is 4.79 Å². The van der Waals surface area contributed by atoms with Crippen LogP contribution in [0.1, 0.15) is 57.7 Å².